The van der Waals surface area contributed by atoms with Gasteiger partial charge in [-0.25, -0.2) is 0 Å². The van der Waals surface area contributed by atoms with Crippen LogP contribution in [0.2, 0.25) is 5.02 Å². The summed E-state index contributed by atoms with van der Waals surface area (Å²) in [4.78, 5) is 12.0. The van der Waals surface area contributed by atoms with E-state index < -0.39 is 11.6 Å². The van der Waals surface area contributed by atoms with Crippen molar-refractivity contribution in [1.29, 1.82) is 0 Å². The summed E-state index contributed by atoms with van der Waals surface area (Å²) in [5.74, 6) is -0.327. The second-order valence-electron chi connectivity index (χ2n) is 4.22. The average molecular weight is 276 g/mol. The van der Waals surface area contributed by atoms with Crippen molar-refractivity contribution < 1.29 is 9.90 Å². The number of aliphatic hydroxyl groups is 1. The van der Waals surface area contributed by atoms with E-state index in [-0.39, 0.29) is 18.2 Å². The molecule has 0 bridgehead atoms. The maximum absolute atomic E-state index is 12.0. The second-order valence-corrected chi connectivity index (χ2v) is 4.63. The SMILES string of the molecule is Cl.N[C@]1(c2ccccc2Cl)CCCC(O)C1=O. The van der Waals surface area contributed by atoms with Gasteiger partial charge in [0.1, 0.15) is 11.6 Å². The lowest BCUT2D eigenvalue weighted by atomic mass is 9.75. The minimum Gasteiger partial charge on any atom is -0.385 e. The van der Waals surface area contributed by atoms with Crippen LogP contribution in [0.15, 0.2) is 24.3 Å². The van der Waals surface area contributed by atoms with Crippen LogP contribution in [-0.4, -0.2) is 17.0 Å². The van der Waals surface area contributed by atoms with E-state index in [9.17, 15) is 9.90 Å². The van der Waals surface area contributed by atoms with Crippen LogP contribution >= 0.6 is 24.0 Å². The molecule has 1 aliphatic rings. The van der Waals surface area contributed by atoms with Crippen molar-refractivity contribution in [2.45, 2.75) is 30.9 Å². The molecule has 1 fully saturated rings. The number of carbonyl (C=O) groups is 1. The van der Waals surface area contributed by atoms with Crippen molar-refractivity contribution in [3.05, 3.63) is 34.9 Å². The van der Waals surface area contributed by atoms with Gasteiger partial charge in [0.05, 0.1) is 0 Å². The molecule has 3 N–H and O–H groups in total. The normalized spacial score (nSPS) is 28.6. The van der Waals surface area contributed by atoms with Gasteiger partial charge >= 0.3 is 0 Å². The number of hydrogen-bond acceptors (Lipinski definition) is 3. The number of aliphatic hydroxyl groups excluding tert-OH is 1. The molecule has 0 aliphatic heterocycles. The monoisotopic (exact) mass is 275 g/mol. The number of benzene rings is 1. The van der Waals surface area contributed by atoms with Crippen LogP contribution in [-0.2, 0) is 10.3 Å². The summed E-state index contributed by atoms with van der Waals surface area (Å²) in [6.07, 6.45) is 0.791. The molecular formula is C12H15Cl2NO2. The quantitative estimate of drug-likeness (QED) is 0.825. The van der Waals surface area contributed by atoms with Crippen molar-refractivity contribution in [3.63, 3.8) is 0 Å². The van der Waals surface area contributed by atoms with Gasteiger partial charge in [0.15, 0.2) is 5.78 Å². The van der Waals surface area contributed by atoms with E-state index in [2.05, 4.69) is 0 Å². The molecule has 94 valence electrons. The zero-order valence-electron chi connectivity index (χ0n) is 9.23. The Morgan fingerprint density at radius 2 is 2.06 bits per heavy atom. The summed E-state index contributed by atoms with van der Waals surface area (Å²) in [5.41, 5.74) is 5.60. The maximum atomic E-state index is 12.0. The van der Waals surface area contributed by atoms with Gasteiger partial charge < -0.3 is 10.8 Å². The van der Waals surface area contributed by atoms with Crippen molar-refractivity contribution in [2.75, 3.05) is 0 Å². The summed E-state index contributed by atoms with van der Waals surface area (Å²) in [7, 11) is 0. The van der Waals surface area contributed by atoms with Crippen LogP contribution in [0.5, 0.6) is 0 Å². The highest BCUT2D eigenvalue weighted by molar-refractivity contribution is 6.31. The second kappa shape index (κ2) is 5.36. The molecule has 0 saturated heterocycles. The number of Topliss-reactive ketones (excluding diaryl/α,β-unsaturated/α-hetero) is 1. The van der Waals surface area contributed by atoms with E-state index in [1.54, 1.807) is 24.3 Å². The van der Waals surface area contributed by atoms with Crippen LogP contribution in [0, 0.1) is 0 Å². The fourth-order valence-corrected chi connectivity index (χ4v) is 2.52. The molecule has 5 heteroatoms. The highest BCUT2D eigenvalue weighted by Gasteiger charge is 2.43. The first-order valence-electron chi connectivity index (χ1n) is 5.32. The molecule has 1 aromatic rings. The lowest BCUT2D eigenvalue weighted by molar-refractivity contribution is -0.136. The van der Waals surface area contributed by atoms with Gasteiger partial charge in [-0.1, -0.05) is 29.8 Å². The topological polar surface area (TPSA) is 63.3 Å². The van der Waals surface area contributed by atoms with Crippen molar-refractivity contribution in [1.82, 2.24) is 0 Å². The van der Waals surface area contributed by atoms with Gasteiger partial charge in [-0.05, 0) is 30.9 Å². The third-order valence-corrected chi connectivity index (χ3v) is 3.48. The lowest BCUT2D eigenvalue weighted by Crippen LogP contribution is -2.52. The van der Waals surface area contributed by atoms with Crippen LogP contribution in [0.4, 0.5) is 0 Å². The van der Waals surface area contributed by atoms with E-state index in [4.69, 9.17) is 17.3 Å². The van der Waals surface area contributed by atoms with Crippen LogP contribution in [0.1, 0.15) is 24.8 Å². The van der Waals surface area contributed by atoms with Gasteiger partial charge in [0.2, 0.25) is 0 Å². The molecule has 0 spiro atoms. The summed E-state index contributed by atoms with van der Waals surface area (Å²) in [5, 5.41) is 10.1. The molecule has 0 heterocycles. The van der Waals surface area contributed by atoms with Gasteiger partial charge in [-0.3, -0.25) is 4.79 Å². The largest absolute Gasteiger partial charge is 0.385 e. The van der Waals surface area contributed by atoms with E-state index in [1.807, 2.05) is 0 Å². The molecule has 2 rings (SSSR count). The summed E-state index contributed by atoms with van der Waals surface area (Å²) >= 11 is 6.05. The molecule has 0 aromatic heterocycles. The van der Waals surface area contributed by atoms with Crippen LogP contribution in [0.25, 0.3) is 0 Å². The summed E-state index contributed by atoms with van der Waals surface area (Å²) in [6.45, 7) is 0. The fraction of sp³-hybridized carbons (Fsp3) is 0.417. The number of carbonyl (C=O) groups excluding carboxylic acids is 1. The Hall–Kier alpha value is -0.610. The third kappa shape index (κ3) is 2.47. The molecule has 1 unspecified atom stereocenters. The van der Waals surface area contributed by atoms with Crippen molar-refractivity contribution in [2.24, 2.45) is 5.73 Å². The Morgan fingerprint density at radius 3 is 2.71 bits per heavy atom. The van der Waals surface area contributed by atoms with Gasteiger partial charge in [-0.2, -0.15) is 0 Å². The standard InChI is InChI=1S/C12H14ClNO2.ClH/c13-9-5-2-1-4-8(9)12(14)7-3-6-10(15)11(12)16;/h1-2,4-5,10,15H,3,6-7,14H2;1H/t10?,12-;/m0./s1. The average Bonchev–Trinajstić information content (AvgIpc) is 2.26. The van der Waals surface area contributed by atoms with E-state index in [0.717, 1.165) is 6.42 Å². The fourth-order valence-electron chi connectivity index (χ4n) is 2.22. The number of nitrogens with two attached hydrogens (primary N) is 1. The van der Waals surface area contributed by atoms with Crippen LogP contribution < -0.4 is 5.73 Å². The van der Waals surface area contributed by atoms with E-state index in [1.165, 1.54) is 0 Å². The molecule has 2 atom stereocenters. The number of hydrogen-bond donors (Lipinski definition) is 2. The molecule has 1 saturated carbocycles. The Bertz CT molecular complexity index is 425. The number of rotatable bonds is 1. The smallest absolute Gasteiger partial charge is 0.185 e. The molecule has 17 heavy (non-hydrogen) atoms. The number of ketones is 1. The first-order valence-corrected chi connectivity index (χ1v) is 5.70. The Kier molecular flexibility index (Phi) is 4.55. The minimum atomic E-state index is -1.13. The first kappa shape index (κ1) is 14.5. The van der Waals surface area contributed by atoms with E-state index >= 15 is 0 Å². The molecule has 0 amide bonds. The molecule has 1 aromatic carbocycles. The highest BCUT2D eigenvalue weighted by atomic mass is 35.5. The number of halogens is 2. The van der Waals surface area contributed by atoms with Crippen molar-refractivity contribution in [3.8, 4) is 0 Å². The lowest BCUT2D eigenvalue weighted by Gasteiger charge is -2.35. The summed E-state index contributed by atoms with van der Waals surface area (Å²) < 4.78 is 0. The summed E-state index contributed by atoms with van der Waals surface area (Å²) in [6, 6.07) is 7.04. The van der Waals surface area contributed by atoms with Gasteiger partial charge in [-0.15, -0.1) is 12.4 Å². The molecule has 0 radical (unpaired) electrons. The van der Waals surface area contributed by atoms with E-state index in [0.29, 0.717) is 23.4 Å². The van der Waals surface area contributed by atoms with Crippen LogP contribution in [0.3, 0.4) is 0 Å². The predicted molar refractivity (Wildman–Crippen MR) is 69.4 cm³/mol. The molecular weight excluding hydrogens is 261 g/mol. The zero-order chi connectivity index (χ0) is 11.8. The third-order valence-electron chi connectivity index (χ3n) is 3.15. The van der Waals surface area contributed by atoms with Gasteiger partial charge in [0, 0.05) is 5.02 Å². The van der Waals surface area contributed by atoms with Crippen molar-refractivity contribution >= 4 is 29.8 Å². The Balaban J connectivity index is 0.00000144. The maximum Gasteiger partial charge on any atom is 0.185 e. The van der Waals surface area contributed by atoms with Gasteiger partial charge in [0.25, 0.3) is 0 Å². The highest BCUT2D eigenvalue weighted by Crippen LogP contribution is 2.35. The Morgan fingerprint density at radius 1 is 1.41 bits per heavy atom. The predicted octanol–water partition coefficient (Wildman–Crippen LogP) is 2.03. The zero-order valence-corrected chi connectivity index (χ0v) is 10.8. The molecule has 1 aliphatic carbocycles. The first-order chi connectivity index (χ1) is 7.55. The molecule has 3 nitrogen and oxygen atoms in total. The minimum absolute atomic E-state index is 0. The Labute approximate surface area is 111 Å².